The van der Waals surface area contributed by atoms with E-state index in [0.717, 1.165) is 64.2 Å². The fourth-order valence-corrected chi connectivity index (χ4v) is 8.80. The fraction of sp³-hybridized carbons (Fsp3) is 0.831. The molecule has 0 radical (unpaired) electrons. The van der Waals surface area contributed by atoms with E-state index >= 15 is 0 Å². The van der Waals surface area contributed by atoms with Crippen molar-refractivity contribution in [1.82, 2.24) is 0 Å². The normalized spacial score (nSPS) is 13.7. The standard InChI is InChI=1S/C59H110NO8P/c1-6-8-10-12-14-16-18-20-22-24-26-27-28-29-30-31-32-33-34-36-38-40-42-44-46-48-50-52-59(62)68-57(56-67-69(63,64)66-54-53-60(3,4)5)55-65-58(61)51-49-47-45-43-41-39-37-35-25-23-21-19-17-15-13-11-9-7-2/h17-20,23-26,57H,6-16,21-22,27-56H2,1-5H3/b19-17-,20-18-,25-23-,26-24-. The highest BCUT2D eigenvalue weighted by Gasteiger charge is 2.22. The molecule has 0 saturated carbocycles. The molecule has 0 bridgehead atoms. The first-order valence-electron chi connectivity index (χ1n) is 28.8. The average Bonchev–Trinajstić information content (AvgIpc) is 3.31. The first-order chi connectivity index (χ1) is 33.5. The van der Waals surface area contributed by atoms with Crippen LogP contribution in [0.1, 0.15) is 264 Å². The molecule has 404 valence electrons. The van der Waals surface area contributed by atoms with Crippen molar-refractivity contribution in [2.75, 3.05) is 47.5 Å². The molecule has 0 aromatic heterocycles. The third kappa shape index (κ3) is 55.1. The van der Waals surface area contributed by atoms with E-state index in [1.165, 1.54) is 167 Å². The van der Waals surface area contributed by atoms with Crippen LogP contribution in [-0.4, -0.2) is 70.0 Å². The van der Waals surface area contributed by atoms with Gasteiger partial charge in [-0.25, -0.2) is 0 Å². The van der Waals surface area contributed by atoms with Crippen LogP contribution < -0.4 is 4.89 Å². The van der Waals surface area contributed by atoms with Gasteiger partial charge in [0.1, 0.15) is 19.8 Å². The average molecular weight is 993 g/mol. The largest absolute Gasteiger partial charge is 0.756 e. The van der Waals surface area contributed by atoms with Crippen molar-refractivity contribution >= 4 is 19.8 Å². The predicted octanol–water partition coefficient (Wildman–Crippen LogP) is 17.1. The molecule has 0 saturated heterocycles. The Bertz CT molecular complexity index is 1310. The van der Waals surface area contributed by atoms with E-state index in [1.807, 2.05) is 21.1 Å². The van der Waals surface area contributed by atoms with E-state index in [4.69, 9.17) is 18.5 Å². The molecule has 0 amide bonds. The third-order valence-corrected chi connectivity index (χ3v) is 13.5. The number of carbonyl (C=O) groups excluding carboxylic acids is 2. The molecule has 0 rings (SSSR count). The van der Waals surface area contributed by atoms with E-state index in [9.17, 15) is 19.0 Å². The van der Waals surface area contributed by atoms with E-state index in [0.29, 0.717) is 17.4 Å². The zero-order valence-electron chi connectivity index (χ0n) is 45.8. The van der Waals surface area contributed by atoms with Crippen LogP contribution in [0.15, 0.2) is 48.6 Å². The number of unbranched alkanes of at least 4 members (excludes halogenated alkanes) is 31. The number of carbonyl (C=O) groups is 2. The minimum Gasteiger partial charge on any atom is -0.756 e. The van der Waals surface area contributed by atoms with Crippen LogP contribution >= 0.6 is 7.82 Å². The Morgan fingerprint density at radius 3 is 1.16 bits per heavy atom. The van der Waals surface area contributed by atoms with Crippen LogP contribution in [0.25, 0.3) is 0 Å². The fourth-order valence-electron chi connectivity index (χ4n) is 8.07. The lowest BCUT2D eigenvalue weighted by Crippen LogP contribution is -2.37. The molecule has 0 aromatic carbocycles. The van der Waals surface area contributed by atoms with Gasteiger partial charge in [0.15, 0.2) is 6.10 Å². The summed E-state index contributed by atoms with van der Waals surface area (Å²) in [6, 6.07) is 0. The maximum Gasteiger partial charge on any atom is 0.306 e. The van der Waals surface area contributed by atoms with Crippen LogP contribution in [0.2, 0.25) is 0 Å². The summed E-state index contributed by atoms with van der Waals surface area (Å²) in [7, 11) is 1.17. The second kappa shape index (κ2) is 50.9. The molecule has 0 aliphatic heterocycles. The van der Waals surface area contributed by atoms with Gasteiger partial charge in [0.25, 0.3) is 7.82 Å². The summed E-state index contributed by atoms with van der Waals surface area (Å²) in [6.07, 6.45) is 62.9. The van der Waals surface area contributed by atoms with Crippen LogP contribution in [0.5, 0.6) is 0 Å². The lowest BCUT2D eigenvalue weighted by molar-refractivity contribution is -0.870. The maximum atomic E-state index is 12.8. The number of nitrogens with zero attached hydrogens (tertiary/aromatic N) is 1. The lowest BCUT2D eigenvalue weighted by atomic mass is 10.0. The van der Waals surface area contributed by atoms with Crippen LogP contribution in [0, 0.1) is 0 Å². The molecular formula is C59H110NO8P. The summed E-state index contributed by atoms with van der Waals surface area (Å²) in [4.78, 5) is 37.8. The van der Waals surface area contributed by atoms with Gasteiger partial charge in [0.2, 0.25) is 0 Å². The Balaban J connectivity index is 4.14. The van der Waals surface area contributed by atoms with Crippen molar-refractivity contribution in [2.45, 2.75) is 270 Å². The van der Waals surface area contributed by atoms with E-state index in [2.05, 4.69) is 62.5 Å². The number of phosphoric acid groups is 1. The number of rotatable bonds is 53. The number of hydrogen-bond acceptors (Lipinski definition) is 8. The molecule has 0 aromatic rings. The highest BCUT2D eigenvalue weighted by atomic mass is 31.2. The van der Waals surface area contributed by atoms with Gasteiger partial charge in [-0.1, -0.05) is 223 Å². The van der Waals surface area contributed by atoms with Crippen LogP contribution in [0.4, 0.5) is 0 Å². The Morgan fingerprint density at radius 1 is 0.449 bits per heavy atom. The molecule has 2 unspecified atom stereocenters. The van der Waals surface area contributed by atoms with Gasteiger partial charge in [-0.15, -0.1) is 0 Å². The Kier molecular flexibility index (Phi) is 49.4. The Labute approximate surface area is 426 Å². The van der Waals surface area contributed by atoms with E-state index in [-0.39, 0.29) is 32.0 Å². The lowest BCUT2D eigenvalue weighted by Gasteiger charge is -2.28. The maximum absolute atomic E-state index is 12.8. The van der Waals surface area contributed by atoms with Crippen molar-refractivity contribution < 1.29 is 42.1 Å². The van der Waals surface area contributed by atoms with Gasteiger partial charge < -0.3 is 27.9 Å². The quantitative estimate of drug-likeness (QED) is 0.0195. The van der Waals surface area contributed by atoms with Gasteiger partial charge in [-0.2, -0.15) is 0 Å². The summed E-state index contributed by atoms with van der Waals surface area (Å²) in [5, 5.41) is 0. The number of allylic oxidation sites excluding steroid dienone is 8. The smallest absolute Gasteiger partial charge is 0.306 e. The molecule has 0 aliphatic carbocycles. The van der Waals surface area contributed by atoms with Crippen molar-refractivity contribution in [2.24, 2.45) is 0 Å². The minimum atomic E-state index is -4.64. The molecule has 0 N–H and O–H groups in total. The molecule has 0 spiro atoms. The van der Waals surface area contributed by atoms with E-state index in [1.54, 1.807) is 0 Å². The zero-order chi connectivity index (χ0) is 50.6. The Hall–Kier alpha value is -2.03. The summed E-state index contributed by atoms with van der Waals surface area (Å²) >= 11 is 0. The predicted molar refractivity (Wildman–Crippen MR) is 291 cm³/mol. The molecule has 69 heavy (non-hydrogen) atoms. The second-order valence-electron chi connectivity index (χ2n) is 20.6. The van der Waals surface area contributed by atoms with Crippen molar-refractivity contribution in [3.8, 4) is 0 Å². The highest BCUT2D eigenvalue weighted by Crippen LogP contribution is 2.38. The number of quaternary nitrogens is 1. The molecule has 0 aliphatic rings. The van der Waals surface area contributed by atoms with Gasteiger partial charge in [0.05, 0.1) is 27.7 Å². The number of hydrogen-bond donors (Lipinski definition) is 0. The van der Waals surface area contributed by atoms with Crippen molar-refractivity contribution in [1.29, 1.82) is 0 Å². The monoisotopic (exact) mass is 992 g/mol. The molecule has 0 heterocycles. The topological polar surface area (TPSA) is 111 Å². The number of likely N-dealkylation sites (N-methyl/N-ethyl adjacent to an activating group) is 1. The molecule has 0 fully saturated rings. The molecule has 2 atom stereocenters. The summed E-state index contributed by atoms with van der Waals surface area (Å²) < 4.78 is 34.1. The van der Waals surface area contributed by atoms with Gasteiger partial charge >= 0.3 is 11.9 Å². The van der Waals surface area contributed by atoms with Crippen molar-refractivity contribution in [3.05, 3.63) is 48.6 Å². The van der Waals surface area contributed by atoms with Gasteiger partial charge in [-0.3, -0.25) is 14.2 Å². The SMILES string of the molecule is CCCCCC/C=C\C/C=C\CCCCCCCCCC(=O)OCC(COP(=O)([O-])OCC[N+](C)(C)C)OC(=O)CCCCCCCCCCCCCCCCC/C=C\C/C=C\CCCCCCC. The van der Waals surface area contributed by atoms with E-state index < -0.39 is 26.5 Å². The second-order valence-corrected chi connectivity index (χ2v) is 22.1. The number of esters is 2. The van der Waals surface area contributed by atoms with Crippen LogP contribution in [0.3, 0.4) is 0 Å². The first-order valence-corrected chi connectivity index (χ1v) is 30.3. The zero-order valence-corrected chi connectivity index (χ0v) is 46.7. The van der Waals surface area contributed by atoms with Gasteiger partial charge in [-0.05, 0) is 77.0 Å². The Morgan fingerprint density at radius 2 is 0.783 bits per heavy atom. The van der Waals surface area contributed by atoms with Gasteiger partial charge in [0, 0.05) is 12.8 Å². The molecular weight excluding hydrogens is 882 g/mol. The highest BCUT2D eigenvalue weighted by molar-refractivity contribution is 7.45. The third-order valence-electron chi connectivity index (χ3n) is 12.6. The summed E-state index contributed by atoms with van der Waals surface area (Å²) in [5.74, 6) is -0.835. The van der Waals surface area contributed by atoms with Crippen molar-refractivity contribution in [3.63, 3.8) is 0 Å². The first kappa shape index (κ1) is 67.0. The molecule has 10 heteroatoms. The van der Waals surface area contributed by atoms with Crippen LogP contribution in [-0.2, 0) is 32.7 Å². The summed E-state index contributed by atoms with van der Waals surface area (Å²) in [6.45, 7) is 4.23. The molecule has 9 nitrogen and oxygen atoms in total. The minimum absolute atomic E-state index is 0.0322. The number of phosphoric ester groups is 1. The summed E-state index contributed by atoms with van der Waals surface area (Å²) in [5.41, 5.74) is 0. The number of ether oxygens (including phenoxy) is 2.